The van der Waals surface area contributed by atoms with Crippen LogP contribution < -0.4 is 0 Å². The molecule has 0 radical (unpaired) electrons. The molecule has 0 aliphatic rings. The van der Waals surface area contributed by atoms with E-state index in [9.17, 15) is 16.8 Å². The van der Waals surface area contributed by atoms with Crippen molar-refractivity contribution in [3.05, 3.63) is 21.1 Å². The van der Waals surface area contributed by atoms with E-state index in [4.69, 9.17) is 8.37 Å². The normalized spacial score (nSPS) is 13.8. The summed E-state index contributed by atoms with van der Waals surface area (Å²) in [6, 6.07) is 2.38. The molecule has 0 saturated heterocycles. The highest BCUT2D eigenvalue weighted by atomic mass is 79.9. The summed E-state index contributed by atoms with van der Waals surface area (Å²) < 4.78 is 60.0. The minimum atomic E-state index is -4.06. The van der Waals surface area contributed by atoms with Crippen molar-refractivity contribution in [1.29, 1.82) is 0 Å². The third-order valence-electron chi connectivity index (χ3n) is 2.82. The molecule has 1 rings (SSSR count). The fourth-order valence-electron chi connectivity index (χ4n) is 1.53. The molecule has 0 aromatic heterocycles. The Bertz CT molecular complexity index is 789. The minimum Gasteiger partial charge on any atom is -0.266 e. The standard InChI is InChI=1S/C16H24Br2O6S2/c1-15(2,3)9-23-25(19,20)13-7-12(18)14(8-11(13)17)26(21,22)24-10-16(4,5)6/h7-8H,9-10H2,1-6H3. The van der Waals surface area contributed by atoms with Crippen LogP contribution in [0.1, 0.15) is 41.5 Å². The summed E-state index contributed by atoms with van der Waals surface area (Å²) in [5.41, 5.74) is -0.693. The van der Waals surface area contributed by atoms with Crippen molar-refractivity contribution in [2.45, 2.75) is 51.3 Å². The number of hydrogen-bond donors (Lipinski definition) is 0. The zero-order valence-corrected chi connectivity index (χ0v) is 20.4. The van der Waals surface area contributed by atoms with Gasteiger partial charge in [0.1, 0.15) is 9.79 Å². The molecule has 26 heavy (non-hydrogen) atoms. The second-order valence-electron chi connectivity index (χ2n) is 8.27. The van der Waals surface area contributed by atoms with Gasteiger partial charge in [0.05, 0.1) is 13.2 Å². The molecule has 0 aliphatic carbocycles. The smallest absolute Gasteiger partial charge is 0.266 e. The Labute approximate surface area is 173 Å². The van der Waals surface area contributed by atoms with E-state index in [0.717, 1.165) is 0 Å². The molecular weight excluding hydrogens is 512 g/mol. The van der Waals surface area contributed by atoms with Crippen LogP contribution in [0.2, 0.25) is 0 Å². The van der Waals surface area contributed by atoms with Crippen molar-refractivity contribution in [1.82, 2.24) is 0 Å². The van der Waals surface area contributed by atoms with Gasteiger partial charge in [-0.05, 0) is 54.8 Å². The molecule has 0 unspecified atom stereocenters. The molecule has 1 aromatic carbocycles. The number of benzene rings is 1. The Morgan fingerprint density at radius 3 is 1.23 bits per heavy atom. The molecule has 0 bridgehead atoms. The number of rotatable bonds is 6. The van der Waals surface area contributed by atoms with Crippen molar-refractivity contribution < 1.29 is 25.2 Å². The fraction of sp³-hybridized carbons (Fsp3) is 0.625. The lowest BCUT2D eigenvalue weighted by Crippen LogP contribution is -2.20. The zero-order chi connectivity index (χ0) is 20.6. The molecule has 0 aliphatic heterocycles. The molecule has 0 fully saturated rings. The van der Waals surface area contributed by atoms with E-state index in [0.29, 0.717) is 0 Å². The predicted octanol–water partition coefficient (Wildman–Crippen LogP) is 4.71. The summed E-state index contributed by atoms with van der Waals surface area (Å²) in [4.78, 5) is -0.327. The summed E-state index contributed by atoms with van der Waals surface area (Å²) in [5, 5.41) is 0. The fourth-order valence-corrected chi connectivity index (χ4v) is 6.10. The van der Waals surface area contributed by atoms with Crippen LogP contribution in [0.5, 0.6) is 0 Å². The van der Waals surface area contributed by atoms with E-state index in [1.807, 2.05) is 41.5 Å². The van der Waals surface area contributed by atoms with Gasteiger partial charge in [0, 0.05) is 8.95 Å². The molecule has 0 amide bonds. The maximum atomic E-state index is 12.4. The Hall–Kier alpha value is -0.000000000000000111. The van der Waals surface area contributed by atoms with Gasteiger partial charge >= 0.3 is 0 Å². The lowest BCUT2D eigenvalue weighted by Gasteiger charge is -2.19. The summed E-state index contributed by atoms with van der Waals surface area (Å²) in [6.07, 6.45) is 0. The summed E-state index contributed by atoms with van der Waals surface area (Å²) in [5.74, 6) is 0. The van der Waals surface area contributed by atoms with Crippen LogP contribution in [-0.2, 0) is 28.6 Å². The Balaban J connectivity index is 3.23. The average Bonchev–Trinajstić information content (AvgIpc) is 2.44. The van der Waals surface area contributed by atoms with Crippen LogP contribution in [0.4, 0.5) is 0 Å². The van der Waals surface area contributed by atoms with Crippen molar-refractivity contribution in [3.8, 4) is 0 Å². The van der Waals surface area contributed by atoms with Crippen LogP contribution in [0.15, 0.2) is 30.9 Å². The van der Waals surface area contributed by atoms with Crippen LogP contribution in [0.3, 0.4) is 0 Å². The molecule has 10 heteroatoms. The summed E-state index contributed by atoms with van der Waals surface area (Å²) in [6.45, 7) is 11.0. The van der Waals surface area contributed by atoms with E-state index in [1.165, 1.54) is 12.1 Å². The van der Waals surface area contributed by atoms with E-state index in [-0.39, 0.29) is 42.8 Å². The van der Waals surface area contributed by atoms with Gasteiger partial charge in [-0.15, -0.1) is 0 Å². The molecule has 0 heterocycles. The molecule has 0 N–H and O–H groups in total. The Kier molecular flexibility index (Phi) is 7.55. The first-order chi connectivity index (χ1) is 11.4. The van der Waals surface area contributed by atoms with Crippen molar-refractivity contribution >= 4 is 52.1 Å². The monoisotopic (exact) mass is 534 g/mol. The topological polar surface area (TPSA) is 86.7 Å². The van der Waals surface area contributed by atoms with Gasteiger partial charge < -0.3 is 0 Å². The highest BCUT2D eigenvalue weighted by Crippen LogP contribution is 2.34. The maximum Gasteiger partial charge on any atom is 0.298 e. The Morgan fingerprint density at radius 1 is 0.731 bits per heavy atom. The Morgan fingerprint density at radius 2 is 1.00 bits per heavy atom. The van der Waals surface area contributed by atoms with Crippen molar-refractivity contribution in [2.75, 3.05) is 13.2 Å². The molecule has 150 valence electrons. The molecule has 0 atom stereocenters. The molecular formula is C16H24Br2O6S2. The zero-order valence-electron chi connectivity index (χ0n) is 15.6. The summed E-state index contributed by atoms with van der Waals surface area (Å²) in [7, 11) is -8.11. The molecule has 1 aromatic rings. The number of hydrogen-bond acceptors (Lipinski definition) is 6. The SMILES string of the molecule is CC(C)(C)COS(=O)(=O)c1cc(Br)c(S(=O)(=O)OCC(C)(C)C)cc1Br. The van der Waals surface area contributed by atoms with Gasteiger partial charge in [-0.25, -0.2) is 0 Å². The first-order valence-electron chi connectivity index (χ1n) is 7.73. The predicted molar refractivity (Wildman–Crippen MR) is 107 cm³/mol. The van der Waals surface area contributed by atoms with Crippen molar-refractivity contribution in [3.63, 3.8) is 0 Å². The number of halogens is 2. The van der Waals surface area contributed by atoms with E-state index in [1.54, 1.807) is 0 Å². The largest absolute Gasteiger partial charge is 0.298 e. The molecule has 0 spiro atoms. The highest BCUT2D eigenvalue weighted by molar-refractivity contribution is 9.11. The first-order valence-corrected chi connectivity index (χ1v) is 12.1. The van der Waals surface area contributed by atoms with Crippen LogP contribution in [-0.4, -0.2) is 30.0 Å². The van der Waals surface area contributed by atoms with Crippen LogP contribution in [0, 0.1) is 10.8 Å². The molecule has 0 saturated carbocycles. The van der Waals surface area contributed by atoms with Gasteiger partial charge in [0.25, 0.3) is 20.2 Å². The first kappa shape index (κ1) is 24.0. The second-order valence-corrected chi connectivity index (χ2v) is 13.1. The van der Waals surface area contributed by atoms with Gasteiger partial charge in [0.2, 0.25) is 0 Å². The van der Waals surface area contributed by atoms with E-state index < -0.39 is 20.2 Å². The van der Waals surface area contributed by atoms with Crippen LogP contribution >= 0.6 is 31.9 Å². The van der Waals surface area contributed by atoms with Gasteiger partial charge in [-0.2, -0.15) is 16.8 Å². The van der Waals surface area contributed by atoms with Gasteiger partial charge in [-0.1, -0.05) is 41.5 Å². The van der Waals surface area contributed by atoms with Crippen LogP contribution in [0.25, 0.3) is 0 Å². The van der Waals surface area contributed by atoms with Gasteiger partial charge in [0.15, 0.2) is 0 Å². The lowest BCUT2D eigenvalue weighted by molar-refractivity contribution is 0.202. The minimum absolute atomic E-state index is 0.00582. The van der Waals surface area contributed by atoms with E-state index >= 15 is 0 Å². The molecule has 6 nitrogen and oxygen atoms in total. The van der Waals surface area contributed by atoms with E-state index in [2.05, 4.69) is 31.9 Å². The second kappa shape index (κ2) is 8.16. The third kappa shape index (κ3) is 7.20. The van der Waals surface area contributed by atoms with Gasteiger partial charge in [-0.3, -0.25) is 8.37 Å². The highest BCUT2D eigenvalue weighted by Gasteiger charge is 2.28. The summed E-state index contributed by atoms with van der Waals surface area (Å²) >= 11 is 6.24. The quantitative estimate of drug-likeness (QED) is 0.490. The third-order valence-corrected chi connectivity index (χ3v) is 7.27. The average molecular weight is 536 g/mol. The maximum absolute atomic E-state index is 12.4. The lowest BCUT2D eigenvalue weighted by atomic mass is 9.99. The van der Waals surface area contributed by atoms with Crippen molar-refractivity contribution in [2.24, 2.45) is 10.8 Å².